The van der Waals surface area contributed by atoms with Crippen LogP contribution in [-0.2, 0) is 17.8 Å². The van der Waals surface area contributed by atoms with Crippen molar-refractivity contribution < 1.29 is 4.79 Å². The molecule has 5 nitrogen and oxygen atoms in total. The quantitative estimate of drug-likeness (QED) is 0.198. The summed E-state index contributed by atoms with van der Waals surface area (Å²) in [5.41, 5.74) is 4.46. The fraction of sp³-hybridized carbons (Fsp3) is 0.649. The summed E-state index contributed by atoms with van der Waals surface area (Å²) in [6.07, 6.45) is 24.6. The average molecular weight is 597 g/mol. The van der Waals surface area contributed by atoms with Crippen molar-refractivity contribution in [1.82, 2.24) is 20.1 Å². The minimum Gasteiger partial charge on any atom is -0.356 e. The van der Waals surface area contributed by atoms with Crippen LogP contribution in [0, 0.1) is 17.8 Å². The number of aryl methyl sites for hydroxylation is 1. The Balaban J connectivity index is 1.24. The third kappa shape index (κ3) is 9.66. The molecule has 1 amide bonds. The van der Waals surface area contributed by atoms with Crippen LogP contribution in [0.5, 0.6) is 0 Å². The van der Waals surface area contributed by atoms with E-state index in [1.54, 1.807) is 0 Å². The van der Waals surface area contributed by atoms with Gasteiger partial charge in [-0.25, -0.2) is 9.67 Å². The number of aromatic nitrogens is 3. The monoisotopic (exact) mass is 596 g/mol. The van der Waals surface area contributed by atoms with Gasteiger partial charge in [0.05, 0.1) is 0 Å². The van der Waals surface area contributed by atoms with E-state index in [1.807, 2.05) is 0 Å². The lowest BCUT2D eigenvalue weighted by molar-refractivity contribution is -0.125. The van der Waals surface area contributed by atoms with Crippen LogP contribution in [-0.4, -0.2) is 43.5 Å². The maximum atomic E-state index is 13.0. The summed E-state index contributed by atoms with van der Waals surface area (Å²) in [5.74, 6) is 2.08. The highest BCUT2D eigenvalue weighted by atomic mass is 27.0. The van der Waals surface area contributed by atoms with Crippen LogP contribution in [0.25, 0.3) is 22.3 Å². The molecule has 0 aliphatic heterocycles. The van der Waals surface area contributed by atoms with Crippen LogP contribution in [0.1, 0.15) is 115 Å². The van der Waals surface area contributed by atoms with Gasteiger partial charge in [0, 0.05) is 36.2 Å². The molecule has 43 heavy (non-hydrogen) atoms. The van der Waals surface area contributed by atoms with Crippen molar-refractivity contribution in [3.63, 3.8) is 0 Å². The van der Waals surface area contributed by atoms with Gasteiger partial charge in [0.25, 0.3) is 0 Å². The molecule has 2 atom stereocenters. The molecular weight excluding hydrogens is 543 g/mol. The van der Waals surface area contributed by atoms with Crippen LogP contribution < -0.4 is 5.32 Å². The first-order valence-electron chi connectivity index (χ1n) is 17.6. The Kier molecular flexibility index (Phi) is 13.0. The molecule has 2 heterocycles. The molecular formula is C37H53AlN4O. The summed E-state index contributed by atoms with van der Waals surface area (Å²) >= 11 is 2.97. The van der Waals surface area contributed by atoms with Crippen LogP contribution in [0.15, 0.2) is 42.6 Å². The van der Waals surface area contributed by atoms with Gasteiger partial charge in [-0.3, -0.25) is 4.79 Å². The highest BCUT2D eigenvalue weighted by Crippen LogP contribution is 2.32. The van der Waals surface area contributed by atoms with E-state index in [9.17, 15) is 4.79 Å². The number of nitrogens with zero attached hydrogens (tertiary/aromatic N) is 3. The number of nitrogens with one attached hydrogen (secondary N) is 1. The van der Waals surface area contributed by atoms with Crippen molar-refractivity contribution >= 4 is 33.2 Å². The maximum absolute atomic E-state index is 13.0. The van der Waals surface area contributed by atoms with Gasteiger partial charge >= 0.3 is 0 Å². The van der Waals surface area contributed by atoms with Crippen molar-refractivity contribution in [2.24, 2.45) is 17.8 Å². The van der Waals surface area contributed by atoms with E-state index in [1.165, 1.54) is 101 Å². The van der Waals surface area contributed by atoms with Crippen molar-refractivity contribution in [2.75, 3.05) is 6.54 Å². The van der Waals surface area contributed by atoms with E-state index >= 15 is 0 Å². The van der Waals surface area contributed by atoms with Gasteiger partial charge in [-0.15, -0.1) is 5.28 Å². The highest BCUT2D eigenvalue weighted by Gasteiger charge is 2.20. The molecule has 2 unspecified atom stereocenters. The molecule has 1 aromatic carbocycles. The van der Waals surface area contributed by atoms with Crippen LogP contribution in [0.2, 0.25) is 5.28 Å². The van der Waals surface area contributed by atoms with Crippen LogP contribution in [0.4, 0.5) is 0 Å². The third-order valence-corrected chi connectivity index (χ3v) is 10.7. The number of benzene rings is 1. The number of fused-ring (bicyclic) bond motifs is 1. The first-order valence-corrected chi connectivity index (χ1v) is 18.4. The number of hydrogen-bond donors (Lipinski definition) is 1. The van der Waals surface area contributed by atoms with Crippen molar-refractivity contribution in [3.8, 4) is 11.3 Å². The van der Waals surface area contributed by atoms with E-state index in [2.05, 4.69) is 68.9 Å². The Labute approximate surface area is 268 Å². The lowest BCUT2D eigenvalue weighted by Crippen LogP contribution is -2.32. The Morgan fingerprint density at radius 2 is 1.49 bits per heavy atom. The van der Waals surface area contributed by atoms with Gasteiger partial charge in [0.2, 0.25) is 5.91 Å². The molecule has 0 saturated heterocycles. The van der Waals surface area contributed by atoms with Crippen molar-refractivity contribution in [2.45, 2.75) is 127 Å². The van der Waals surface area contributed by atoms with Crippen LogP contribution >= 0.6 is 0 Å². The van der Waals surface area contributed by atoms with Crippen LogP contribution in [0.3, 0.4) is 0 Å². The molecule has 230 valence electrons. The Bertz CT molecular complexity index is 1250. The van der Waals surface area contributed by atoms with Gasteiger partial charge < -0.3 is 5.32 Å². The summed E-state index contributed by atoms with van der Waals surface area (Å²) in [4.78, 5) is 18.0. The number of rotatable bonds is 9. The van der Waals surface area contributed by atoms with E-state index < -0.39 is 0 Å². The van der Waals surface area contributed by atoms with Gasteiger partial charge in [-0.05, 0) is 43.2 Å². The first kappa shape index (κ1) is 32.2. The molecule has 3 aromatic rings. The SMILES string of the molecule is O=C(NCCCn1nc(-c2ccccc2)c2cc(CC3CCCCC([CH2][Al])CCC3)cnc21)C1CCCCCCCCC1. The number of pyridine rings is 1. The molecule has 6 heteroatoms. The molecule has 1 N–H and O–H groups in total. The minimum atomic E-state index is 0.183. The second kappa shape index (κ2) is 17.4. The highest BCUT2D eigenvalue weighted by molar-refractivity contribution is 6.08. The predicted molar refractivity (Wildman–Crippen MR) is 179 cm³/mol. The lowest BCUT2D eigenvalue weighted by Gasteiger charge is -2.18. The molecule has 2 aliphatic carbocycles. The second-order valence-corrected chi connectivity index (χ2v) is 13.9. The van der Waals surface area contributed by atoms with Gasteiger partial charge in [-0.1, -0.05) is 126 Å². The predicted octanol–water partition coefficient (Wildman–Crippen LogP) is 8.85. The molecule has 2 saturated carbocycles. The summed E-state index contributed by atoms with van der Waals surface area (Å²) in [7, 11) is 0. The van der Waals surface area contributed by atoms with Crippen molar-refractivity contribution in [3.05, 3.63) is 48.2 Å². The molecule has 2 radical (unpaired) electrons. The summed E-state index contributed by atoms with van der Waals surface area (Å²) in [5, 5.41) is 10.8. The zero-order valence-corrected chi connectivity index (χ0v) is 27.6. The Morgan fingerprint density at radius 3 is 2.23 bits per heavy atom. The minimum absolute atomic E-state index is 0.183. The normalized spacial score (nSPS) is 21.5. The summed E-state index contributed by atoms with van der Waals surface area (Å²) < 4.78 is 2.07. The Hall–Kier alpha value is -2.16. The molecule has 5 rings (SSSR count). The standard InChI is InChI=1S/C37H53N4O.Al/c1-29-16-12-13-18-30(19-14-17-29)26-31-27-34-35(32-20-10-7-11-21-32)40-41(36(34)39-28-31)25-15-24-38-37(42)33-22-8-5-3-2-4-6-9-23-33;/h7,10-11,20-21,27-30,33H,1-6,8-9,12-19,22-26H2,(H,38,42);. The Morgan fingerprint density at radius 1 is 0.837 bits per heavy atom. The summed E-state index contributed by atoms with van der Waals surface area (Å²) in [6, 6.07) is 12.9. The fourth-order valence-electron chi connectivity index (χ4n) is 7.46. The maximum Gasteiger partial charge on any atom is 0.223 e. The average Bonchev–Trinajstić information content (AvgIpc) is 3.45. The van der Waals surface area contributed by atoms with E-state index in [0.717, 1.165) is 66.4 Å². The lowest BCUT2D eigenvalue weighted by atomic mass is 9.90. The third-order valence-electron chi connectivity index (χ3n) is 10.1. The fourth-order valence-corrected chi connectivity index (χ4v) is 7.93. The number of carbonyl (C=O) groups is 1. The van der Waals surface area contributed by atoms with Crippen molar-refractivity contribution in [1.29, 1.82) is 0 Å². The summed E-state index contributed by atoms with van der Waals surface area (Å²) in [6.45, 7) is 1.44. The van der Waals surface area contributed by atoms with E-state index in [4.69, 9.17) is 10.1 Å². The van der Waals surface area contributed by atoms with Gasteiger partial charge in [-0.2, -0.15) is 5.10 Å². The van der Waals surface area contributed by atoms with E-state index in [0.29, 0.717) is 6.54 Å². The van der Waals surface area contributed by atoms with E-state index in [-0.39, 0.29) is 11.8 Å². The number of amides is 1. The molecule has 0 bridgehead atoms. The zero-order chi connectivity index (χ0) is 29.7. The largest absolute Gasteiger partial charge is 0.356 e. The second-order valence-electron chi connectivity index (χ2n) is 13.4. The van der Waals surface area contributed by atoms with Gasteiger partial charge in [0.15, 0.2) is 5.65 Å². The smallest absolute Gasteiger partial charge is 0.223 e. The topological polar surface area (TPSA) is 59.8 Å². The molecule has 2 fully saturated rings. The molecule has 2 aliphatic rings. The van der Waals surface area contributed by atoms with Gasteiger partial charge in [0.1, 0.15) is 22.0 Å². The number of carbonyl (C=O) groups excluding carboxylic acids is 1. The molecule has 0 spiro atoms. The first-order chi connectivity index (χ1) is 21.2. The molecule has 2 aromatic heterocycles. The zero-order valence-electron chi connectivity index (χ0n) is 26.4. The number of hydrogen-bond acceptors (Lipinski definition) is 3.